The minimum atomic E-state index is -0.816. The molecule has 3 fully saturated rings. The lowest BCUT2D eigenvalue weighted by molar-refractivity contribution is -0.145. The topological polar surface area (TPSA) is 54.4 Å². The molecule has 0 amide bonds. The zero-order valence-electron chi connectivity index (χ0n) is 12.7. The lowest BCUT2D eigenvalue weighted by Crippen LogP contribution is -2.55. The molecule has 6 atom stereocenters. The fourth-order valence-corrected chi connectivity index (χ4v) is 6.03. The molecule has 1 N–H and O–H groups in total. The van der Waals surface area contributed by atoms with Crippen molar-refractivity contribution in [3.63, 3.8) is 0 Å². The summed E-state index contributed by atoms with van der Waals surface area (Å²) in [4.78, 5) is 24.0. The van der Waals surface area contributed by atoms with Crippen molar-refractivity contribution in [1.82, 2.24) is 0 Å². The molecule has 3 heteroatoms. The minimum absolute atomic E-state index is 0.0592. The van der Waals surface area contributed by atoms with Gasteiger partial charge in [0.05, 0.1) is 5.60 Å². The predicted molar refractivity (Wildman–Crippen MR) is 78.5 cm³/mol. The van der Waals surface area contributed by atoms with Crippen molar-refractivity contribution in [2.24, 2.45) is 29.1 Å². The van der Waals surface area contributed by atoms with E-state index in [2.05, 4.69) is 6.92 Å². The van der Waals surface area contributed by atoms with E-state index in [0.717, 1.165) is 38.5 Å². The Morgan fingerprint density at radius 2 is 1.90 bits per heavy atom. The average Bonchev–Trinajstić information content (AvgIpc) is 2.73. The fraction of sp³-hybridized carbons (Fsp3) is 0.778. The maximum Gasteiger partial charge on any atom is 0.158 e. The van der Waals surface area contributed by atoms with E-state index >= 15 is 0 Å². The molecule has 0 radical (unpaired) electrons. The smallest absolute Gasteiger partial charge is 0.158 e. The molecule has 0 aromatic carbocycles. The lowest BCUT2D eigenvalue weighted by atomic mass is 9.50. The number of carbonyl (C=O) groups excluding carboxylic acids is 2. The Hall–Kier alpha value is -0.960. The van der Waals surface area contributed by atoms with Crippen LogP contribution in [0.2, 0.25) is 0 Å². The van der Waals surface area contributed by atoms with Gasteiger partial charge in [-0.3, -0.25) is 9.59 Å². The second-order valence-corrected chi connectivity index (χ2v) is 8.02. The molecule has 4 aliphatic rings. The van der Waals surface area contributed by atoms with Gasteiger partial charge in [0.25, 0.3) is 0 Å². The summed E-state index contributed by atoms with van der Waals surface area (Å²) in [5, 5.41) is 10.9. The Morgan fingerprint density at radius 3 is 2.71 bits per heavy atom. The number of hydrogen-bond donors (Lipinski definition) is 1. The summed E-state index contributed by atoms with van der Waals surface area (Å²) < 4.78 is 0. The van der Waals surface area contributed by atoms with Crippen molar-refractivity contribution in [3.8, 4) is 0 Å². The molecule has 4 rings (SSSR count). The summed E-state index contributed by atoms with van der Waals surface area (Å²) in [6.45, 7) is 2.17. The van der Waals surface area contributed by atoms with Gasteiger partial charge in [0, 0.05) is 24.2 Å². The number of aliphatic hydroxyl groups is 1. The van der Waals surface area contributed by atoms with Crippen LogP contribution in [-0.4, -0.2) is 22.3 Å². The average molecular weight is 288 g/mol. The fourth-order valence-electron chi connectivity index (χ4n) is 6.03. The van der Waals surface area contributed by atoms with Crippen LogP contribution in [0.25, 0.3) is 0 Å². The maximum absolute atomic E-state index is 12.3. The van der Waals surface area contributed by atoms with E-state index in [4.69, 9.17) is 0 Å². The molecule has 4 aliphatic carbocycles. The van der Waals surface area contributed by atoms with E-state index in [-0.39, 0.29) is 23.5 Å². The highest BCUT2D eigenvalue weighted by molar-refractivity contribution is 5.91. The summed E-state index contributed by atoms with van der Waals surface area (Å²) in [7, 11) is 0. The number of Topliss-reactive ketones (excluding diaryl/α,β-unsaturated/α-hetero) is 1. The molecule has 3 nitrogen and oxygen atoms in total. The Balaban J connectivity index is 1.67. The van der Waals surface area contributed by atoms with Crippen molar-refractivity contribution in [2.75, 3.05) is 0 Å². The number of hydrogen-bond acceptors (Lipinski definition) is 3. The first-order chi connectivity index (χ1) is 9.94. The molecule has 114 valence electrons. The summed E-state index contributed by atoms with van der Waals surface area (Å²) >= 11 is 0. The van der Waals surface area contributed by atoms with Crippen LogP contribution in [0, 0.1) is 29.1 Å². The third-order valence-electron chi connectivity index (χ3n) is 7.16. The number of carbonyl (C=O) groups is 2. The summed E-state index contributed by atoms with van der Waals surface area (Å²) in [5.74, 6) is 2.15. The Bertz CT molecular complexity index is 537. The van der Waals surface area contributed by atoms with Crippen LogP contribution in [0.1, 0.15) is 51.9 Å². The normalized spacial score (nSPS) is 52.3. The van der Waals surface area contributed by atoms with Gasteiger partial charge < -0.3 is 5.11 Å². The second-order valence-electron chi connectivity index (χ2n) is 8.02. The van der Waals surface area contributed by atoms with Gasteiger partial charge >= 0.3 is 0 Å². The molecule has 1 unspecified atom stereocenters. The van der Waals surface area contributed by atoms with Crippen molar-refractivity contribution < 1.29 is 14.7 Å². The van der Waals surface area contributed by atoms with Gasteiger partial charge in [0.15, 0.2) is 5.78 Å². The number of fused-ring (bicyclic) bond motifs is 5. The SMILES string of the molecule is C[C@]12CC[C@H]3[C@@H](CCC4(O)CC(=O)C=C[C@H]34)[C@@H]1CCC2=O. The molecule has 21 heavy (non-hydrogen) atoms. The third kappa shape index (κ3) is 1.76. The first-order valence-electron chi connectivity index (χ1n) is 8.41. The van der Waals surface area contributed by atoms with Crippen LogP contribution in [0.15, 0.2) is 12.2 Å². The molecular weight excluding hydrogens is 264 g/mol. The monoisotopic (exact) mass is 288 g/mol. The predicted octanol–water partition coefficient (Wildman–Crippen LogP) is 2.67. The summed E-state index contributed by atoms with van der Waals surface area (Å²) in [5.41, 5.74) is -0.922. The highest BCUT2D eigenvalue weighted by Gasteiger charge is 2.59. The molecule has 0 aromatic heterocycles. The molecule has 0 aromatic rings. The van der Waals surface area contributed by atoms with Gasteiger partial charge in [-0.05, 0) is 55.9 Å². The largest absolute Gasteiger partial charge is 0.389 e. The van der Waals surface area contributed by atoms with Crippen molar-refractivity contribution in [3.05, 3.63) is 12.2 Å². The van der Waals surface area contributed by atoms with Gasteiger partial charge in [-0.25, -0.2) is 0 Å². The van der Waals surface area contributed by atoms with Crippen LogP contribution < -0.4 is 0 Å². The van der Waals surface area contributed by atoms with Crippen LogP contribution in [-0.2, 0) is 9.59 Å². The van der Waals surface area contributed by atoms with Gasteiger partial charge in [0.1, 0.15) is 5.78 Å². The van der Waals surface area contributed by atoms with E-state index in [1.807, 2.05) is 6.08 Å². The Kier molecular flexibility index (Phi) is 2.79. The number of ketones is 2. The van der Waals surface area contributed by atoms with E-state index < -0.39 is 5.60 Å². The molecular formula is C18H24O3. The molecule has 0 saturated heterocycles. The van der Waals surface area contributed by atoms with E-state index in [9.17, 15) is 14.7 Å². The number of rotatable bonds is 0. The molecule has 0 bridgehead atoms. The van der Waals surface area contributed by atoms with E-state index in [0.29, 0.717) is 23.5 Å². The zero-order chi connectivity index (χ0) is 14.8. The van der Waals surface area contributed by atoms with Gasteiger partial charge in [0.2, 0.25) is 0 Å². The molecule has 3 saturated carbocycles. The van der Waals surface area contributed by atoms with Gasteiger partial charge in [-0.15, -0.1) is 0 Å². The summed E-state index contributed by atoms with van der Waals surface area (Å²) in [6, 6.07) is 0. The second kappa shape index (κ2) is 4.28. The third-order valence-corrected chi connectivity index (χ3v) is 7.16. The molecule has 0 aliphatic heterocycles. The summed E-state index contributed by atoms with van der Waals surface area (Å²) in [6.07, 6.45) is 9.40. The molecule has 0 heterocycles. The first kappa shape index (κ1) is 13.7. The Morgan fingerprint density at radius 1 is 1.14 bits per heavy atom. The van der Waals surface area contributed by atoms with Crippen LogP contribution in [0.3, 0.4) is 0 Å². The highest BCUT2D eigenvalue weighted by atomic mass is 16.3. The minimum Gasteiger partial charge on any atom is -0.389 e. The quantitative estimate of drug-likeness (QED) is 0.745. The van der Waals surface area contributed by atoms with Crippen LogP contribution in [0.4, 0.5) is 0 Å². The van der Waals surface area contributed by atoms with Crippen molar-refractivity contribution in [1.29, 1.82) is 0 Å². The Labute approximate surface area is 125 Å². The van der Waals surface area contributed by atoms with Gasteiger partial charge in [-0.2, -0.15) is 0 Å². The van der Waals surface area contributed by atoms with E-state index in [1.54, 1.807) is 6.08 Å². The van der Waals surface area contributed by atoms with Gasteiger partial charge in [-0.1, -0.05) is 13.0 Å². The van der Waals surface area contributed by atoms with Crippen LogP contribution >= 0.6 is 0 Å². The first-order valence-corrected chi connectivity index (χ1v) is 8.41. The lowest BCUT2D eigenvalue weighted by Gasteiger charge is -2.55. The standard InChI is InChI=1S/C18H24O3/c1-17-8-6-13-12(14(17)4-5-16(17)20)7-9-18(21)10-11(19)2-3-15(13)18/h2-3,12-15,21H,4-10H2,1H3/t12-,13+,14+,15-,17+,18?/m1/s1. The van der Waals surface area contributed by atoms with E-state index in [1.165, 1.54) is 0 Å². The molecule has 0 spiro atoms. The van der Waals surface area contributed by atoms with Crippen molar-refractivity contribution >= 4 is 11.6 Å². The maximum atomic E-state index is 12.3. The van der Waals surface area contributed by atoms with Crippen LogP contribution in [0.5, 0.6) is 0 Å². The van der Waals surface area contributed by atoms with Crippen molar-refractivity contribution in [2.45, 2.75) is 57.5 Å². The number of allylic oxidation sites excluding steroid dienone is 1. The highest BCUT2D eigenvalue weighted by Crippen LogP contribution is 2.61. The zero-order valence-corrected chi connectivity index (χ0v) is 12.7.